The molecule has 0 aliphatic rings. The van der Waals surface area contributed by atoms with Crippen molar-refractivity contribution in [3.05, 3.63) is 34.3 Å². The van der Waals surface area contributed by atoms with Crippen molar-refractivity contribution in [2.45, 2.75) is 38.8 Å². The van der Waals surface area contributed by atoms with Crippen LogP contribution in [0.3, 0.4) is 0 Å². The number of methoxy groups -OCH3 is 1. The molecule has 0 heterocycles. The second-order valence-electron chi connectivity index (χ2n) is 4.36. The minimum absolute atomic E-state index is 0.426. The van der Waals surface area contributed by atoms with Crippen molar-refractivity contribution in [2.24, 2.45) is 0 Å². The van der Waals surface area contributed by atoms with Gasteiger partial charge in [-0.25, -0.2) is 0 Å². The van der Waals surface area contributed by atoms with Crippen LogP contribution in [0.15, 0.2) is 28.7 Å². The third-order valence-corrected chi connectivity index (χ3v) is 3.45. The predicted octanol–water partition coefficient (Wildman–Crippen LogP) is 3.91. The quantitative estimate of drug-likeness (QED) is 0.824. The maximum Gasteiger partial charge on any atom is 0.0476 e. The summed E-state index contributed by atoms with van der Waals surface area (Å²) >= 11 is 3.46. The first kappa shape index (κ1) is 14.7. The topological polar surface area (TPSA) is 21.3 Å². The summed E-state index contributed by atoms with van der Waals surface area (Å²) in [6.45, 7) is 5.23. The number of hydrogen-bond donors (Lipinski definition) is 1. The van der Waals surface area contributed by atoms with Crippen molar-refractivity contribution < 1.29 is 4.74 Å². The number of rotatable bonds is 7. The second kappa shape index (κ2) is 7.85. The van der Waals surface area contributed by atoms with E-state index in [1.165, 1.54) is 5.56 Å². The van der Waals surface area contributed by atoms with Crippen LogP contribution < -0.4 is 5.32 Å². The van der Waals surface area contributed by atoms with Crippen molar-refractivity contribution >= 4 is 15.9 Å². The molecule has 1 aromatic carbocycles. The molecule has 96 valence electrons. The highest BCUT2D eigenvalue weighted by molar-refractivity contribution is 9.10. The Morgan fingerprint density at radius 3 is 2.47 bits per heavy atom. The second-order valence-corrected chi connectivity index (χ2v) is 5.28. The van der Waals surface area contributed by atoms with E-state index in [1.807, 2.05) is 0 Å². The Morgan fingerprint density at radius 1 is 1.29 bits per heavy atom. The Kier molecular flexibility index (Phi) is 6.78. The van der Waals surface area contributed by atoms with Gasteiger partial charge in [-0.05, 0) is 37.5 Å². The number of benzene rings is 1. The van der Waals surface area contributed by atoms with Crippen LogP contribution in [-0.4, -0.2) is 19.8 Å². The average molecular weight is 300 g/mol. The molecule has 1 rings (SSSR count). The summed E-state index contributed by atoms with van der Waals surface area (Å²) in [6, 6.07) is 9.44. The molecule has 0 saturated carbocycles. The Hall–Kier alpha value is -0.380. The summed E-state index contributed by atoms with van der Waals surface area (Å²) in [7, 11) is 1.75. The lowest BCUT2D eigenvalue weighted by atomic mass is 10.0. The van der Waals surface area contributed by atoms with Crippen molar-refractivity contribution in [1.82, 2.24) is 5.32 Å². The minimum atomic E-state index is 0.426. The number of nitrogens with one attached hydrogen (secondary N) is 1. The lowest BCUT2D eigenvalue weighted by Gasteiger charge is -2.22. The van der Waals surface area contributed by atoms with Crippen LogP contribution in [0.25, 0.3) is 0 Å². The molecule has 0 amide bonds. The lowest BCUT2D eigenvalue weighted by molar-refractivity contribution is 0.182. The molecule has 2 nitrogen and oxygen atoms in total. The molecule has 2 atom stereocenters. The molecule has 2 unspecified atom stereocenters. The smallest absolute Gasteiger partial charge is 0.0476 e. The van der Waals surface area contributed by atoms with Gasteiger partial charge in [-0.1, -0.05) is 35.0 Å². The average Bonchev–Trinajstić information content (AvgIpc) is 2.34. The van der Waals surface area contributed by atoms with Gasteiger partial charge in [0.05, 0.1) is 0 Å². The van der Waals surface area contributed by atoms with E-state index in [2.05, 4.69) is 59.4 Å². The zero-order valence-electron chi connectivity index (χ0n) is 10.9. The molecule has 0 fully saturated rings. The summed E-state index contributed by atoms with van der Waals surface area (Å²) in [4.78, 5) is 0. The van der Waals surface area contributed by atoms with Crippen LogP contribution >= 0.6 is 15.9 Å². The van der Waals surface area contributed by atoms with Crippen molar-refractivity contribution in [2.75, 3.05) is 13.7 Å². The Balaban J connectivity index is 2.56. The highest BCUT2D eigenvalue weighted by atomic mass is 79.9. The lowest BCUT2D eigenvalue weighted by Crippen LogP contribution is -2.31. The van der Waals surface area contributed by atoms with E-state index >= 15 is 0 Å². The van der Waals surface area contributed by atoms with E-state index in [0.29, 0.717) is 12.1 Å². The van der Waals surface area contributed by atoms with Crippen LogP contribution in [0.5, 0.6) is 0 Å². The van der Waals surface area contributed by atoms with Crippen LogP contribution in [-0.2, 0) is 4.74 Å². The summed E-state index contributed by atoms with van der Waals surface area (Å²) in [5, 5.41) is 3.64. The van der Waals surface area contributed by atoms with Crippen LogP contribution in [0.4, 0.5) is 0 Å². The van der Waals surface area contributed by atoms with Gasteiger partial charge in [-0.3, -0.25) is 0 Å². The SMILES string of the molecule is CCC(NC(C)CCOC)c1ccc(Br)cc1. The highest BCUT2D eigenvalue weighted by Gasteiger charge is 2.11. The van der Waals surface area contributed by atoms with Gasteiger partial charge in [0.25, 0.3) is 0 Å². The monoisotopic (exact) mass is 299 g/mol. The first-order valence-corrected chi connectivity index (χ1v) is 6.97. The van der Waals surface area contributed by atoms with E-state index < -0.39 is 0 Å². The molecule has 1 aromatic rings. The van der Waals surface area contributed by atoms with Gasteiger partial charge in [0, 0.05) is 30.3 Å². The Labute approximate surface area is 113 Å². The molecular formula is C14H22BrNO. The number of ether oxygens (including phenoxy) is 1. The molecule has 0 radical (unpaired) electrons. The molecule has 17 heavy (non-hydrogen) atoms. The number of halogens is 1. The van der Waals surface area contributed by atoms with Crippen LogP contribution in [0.2, 0.25) is 0 Å². The summed E-state index contributed by atoms with van der Waals surface area (Å²) < 4.78 is 6.23. The summed E-state index contributed by atoms with van der Waals surface area (Å²) in [5.41, 5.74) is 1.35. The fourth-order valence-corrected chi connectivity index (χ4v) is 2.13. The molecule has 0 saturated heterocycles. The maximum absolute atomic E-state index is 5.10. The van der Waals surface area contributed by atoms with Crippen molar-refractivity contribution in [1.29, 1.82) is 0 Å². The van der Waals surface area contributed by atoms with Gasteiger partial charge in [0.15, 0.2) is 0 Å². The molecule has 0 bridgehead atoms. The minimum Gasteiger partial charge on any atom is -0.385 e. The first-order chi connectivity index (χ1) is 8.17. The van der Waals surface area contributed by atoms with Gasteiger partial charge in [0.2, 0.25) is 0 Å². The molecule has 0 spiro atoms. The van der Waals surface area contributed by atoms with Gasteiger partial charge < -0.3 is 10.1 Å². The summed E-state index contributed by atoms with van der Waals surface area (Å²) in [5.74, 6) is 0. The molecule has 1 N–H and O–H groups in total. The first-order valence-electron chi connectivity index (χ1n) is 6.17. The normalized spacial score (nSPS) is 14.6. The van der Waals surface area contributed by atoms with Crippen molar-refractivity contribution in [3.63, 3.8) is 0 Å². The standard InChI is InChI=1S/C14H22BrNO/c1-4-14(16-11(2)9-10-17-3)12-5-7-13(15)8-6-12/h5-8,11,14,16H,4,9-10H2,1-3H3. The maximum atomic E-state index is 5.10. The predicted molar refractivity (Wildman–Crippen MR) is 76.3 cm³/mol. The van der Waals surface area contributed by atoms with Gasteiger partial charge in [0.1, 0.15) is 0 Å². The summed E-state index contributed by atoms with van der Waals surface area (Å²) in [6.07, 6.45) is 2.14. The van der Waals surface area contributed by atoms with E-state index in [9.17, 15) is 0 Å². The van der Waals surface area contributed by atoms with Crippen molar-refractivity contribution in [3.8, 4) is 0 Å². The van der Waals surface area contributed by atoms with E-state index in [0.717, 1.165) is 23.9 Å². The third-order valence-electron chi connectivity index (χ3n) is 2.92. The van der Waals surface area contributed by atoms with Gasteiger partial charge in [-0.15, -0.1) is 0 Å². The fraction of sp³-hybridized carbons (Fsp3) is 0.571. The third kappa shape index (κ3) is 5.19. The zero-order chi connectivity index (χ0) is 12.7. The van der Waals surface area contributed by atoms with Gasteiger partial charge >= 0.3 is 0 Å². The van der Waals surface area contributed by atoms with Gasteiger partial charge in [-0.2, -0.15) is 0 Å². The van der Waals surface area contributed by atoms with E-state index in [1.54, 1.807) is 7.11 Å². The van der Waals surface area contributed by atoms with Crippen LogP contribution in [0.1, 0.15) is 38.3 Å². The van der Waals surface area contributed by atoms with E-state index in [-0.39, 0.29) is 0 Å². The molecule has 0 aliphatic heterocycles. The molecule has 0 aromatic heterocycles. The van der Waals surface area contributed by atoms with Crippen LogP contribution in [0, 0.1) is 0 Å². The number of hydrogen-bond acceptors (Lipinski definition) is 2. The fourth-order valence-electron chi connectivity index (χ4n) is 1.87. The zero-order valence-corrected chi connectivity index (χ0v) is 12.5. The molecular weight excluding hydrogens is 278 g/mol. The Bertz CT molecular complexity index is 313. The highest BCUT2D eigenvalue weighted by Crippen LogP contribution is 2.20. The van der Waals surface area contributed by atoms with E-state index in [4.69, 9.17) is 4.74 Å². The largest absolute Gasteiger partial charge is 0.385 e. The Morgan fingerprint density at radius 2 is 1.94 bits per heavy atom. The molecule has 0 aliphatic carbocycles. The molecule has 3 heteroatoms.